The van der Waals surface area contributed by atoms with E-state index in [9.17, 15) is 0 Å². The highest BCUT2D eigenvalue weighted by Gasteiger charge is 2.36. The predicted octanol–water partition coefficient (Wildman–Crippen LogP) is 15.2. The number of furan rings is 1. The smallest absolute Gasteiger partial charge is 0.160 e. The first-order chi connectivity index (χ1) is 29.5. The van der Waals surface area contributed by atoms with Crippen LogP contribution in [0.4, 0.5) is 11.4 Å². The molecule has 0 fully saturated rings. The van der Waals surface area contributed by atoms with Crippen LogP contribution in [0.15, 0.2) is 205 Å². The molecule has 0 spiro atoms. The quantitative estimate of drug-likeness (QED) is 0.168. The van der Waals surface area contributed by atoms with E-state index in [1.807, 2.05) is 0 Å². The number of rotatable bonds is 6. The zero-order valence-electron chi connectivity index (χ0n) is 33.6. The second-order valence-electron chi connectivity index (χ2n) is 16.8. The maximum Gasteiger partial charge on any atom is 0.160 e. The molecule has 0 saturated carbocycles. The van der Waals surface area contributed by atoms with E-state index < -0.39 is 0 Å². The first-order valence-corrected chi connectivity index (χ1v) is 21.0. The predicted molar refractivity (Wildman–Crippen MR) is 252 cm³/mol. The van der Waals surface area contributed by atoms with Gasteiger partial charge in [-0.15, -0.1) is 0 Å². The SMILES string of the molecule is CC1(C)c2ccccc2-c2ccc(N(c3ccccc3-c3ccccc3)C3C=CC(c4cc5c6ccccc6oc5c5c4c4ccccc4n5-c4ccccc4)=CC3)cc21. The first kappa shape index (κ1) is 34.7. The van der Waals surface area contributed by atoms with E-state index in [2.05, 4.69) is 224 Å². The number of benzene rings is 8. The van der Waals surface area contributed by atoms with Gasteiger partial charge in [-0.3, -0.25) is 0 Å². The molecular formula is C57H42N2O. The van der Waals surface area contributed by atoms with E-state index in [1.165, 1.54) is 66.7 Å². The van der Waals surface area contributed by atoms with Crippen molar-refractivity contribution in [2.75, 3.05) is 4.90 Å². The van der Waals surface area contributed by atoms with Gasteiger partial charge in [0.1, 0.15) is 5.58 Å². The van der Waals surface area contributed by atoms with Crippen LogP contribution in [0.1, 0.15) is 37.0 Å². The third kappa shape index (κ3) is 5.15. The number of allylic oxidation sites excluding steroid dienone is 2. The van der Waals surface area contributed by atoms with Gasteiger partial charge in [-0.05, 0) is 93.9 Å². The van der Waals surface area contributed by atoms with Crippen molar-refractivity contribution in [3.63, 3.8) is 0 Å². The van der Waals surface area contributed by atoms with Gasteiger partial charge < -0.3 is 13.9 Å². The second kappa shape index (κ2) is 13.3. The number of para-hydroxylation sites is 4. The lowest BCUT2D eigenvalue weighted by molar-refractivity contribution is 0.659. The zero-order valence-corrected chi connectivity index (χ0v) is 33.6. The molecule has 0 amide bonds. The van der Waals surface area contributed by atoms with Crippen LogP contribution in [0.3, 0.4) is 0 Å². The van der Waals surface area contributed by atoms with Crippen LogP contribution in [-0.4, -0.2) is 10.6 Å². The van der Waals surface area contributed by atoms with Crippen molar-refractivity contribution in [1.29, 1.82) is 0 Å². The van der Waals surface area contributed by atoms with Crippen molar-refractivity contribution < 1.29 is 4.42 Å². The van der Waals surface area contributed by atoms with Crippen LogP contribution < -0.4 is 4.90 Å². The summed E-state index contributed by atoms with van der Waals surface area (Å²) in [7, 11) is 0. The summed E-state index contributed by atoms with van der Waals surface area (Å²) < 4.78 is 9.19. The molecule has 2 aromatic heterocycles. The average Bonchev–Trinajstić information content (AvgIpc) is 3.93. The van der Waals surface area contributed by atoms with Crippen molar-refractivity contribution >= 4 is 60.7 Å². The van der Waals surface area contributed by atoms with Crippen molar-refractivity contribution in [3.8, 4) is 27.9 Å². The Balaban J connectivity index is 1.04. The van der Waals surface area contributed by atoms with Crippen LogP contribution in [0.25, 0.3) is 77.3 Å². The fourth-order valence-electron chi connectivity index (χ4n) is 10.3. The van der Waals surface area contributed by atoms with Crippen LogP contribution in [-0.2, 0) is 5.41 Å². The molecule has 8 aromatic carbocycles. The fourth-order valence-corrected chi connectivity index (χ4v) is 10.3. The molecule has 10 aromatic rings. The minimum absolute atomic E-state index is 0.0724. The summed E-state index contributed by atoms with van der Waals surface area (Å²) in [5.41, 5.74) is 17.8. The molecule has 12 rings (SSSR count). The molecular weight excluding hydrogens is 729 g/mol. The summed E-state index contributed by atoms with van der Waals surface area (Å²) in [6.07, 6.45) is 8.10. The normalized spacial score (nSPS) is 15.4. The Morgan fingerprint density at radius 1 is 0.583 bits per heavy atom. The highest BCUT2D eigenvalue weighted by Crippen LogP contribution is 2.51. The van der Waals surface area contributed by atoms with E-state index in [1.54, 1.807) is 0 Å². The summed E-state index contributed by atoms with van der Waals surface area (Å²) in [5, 5.41) is 4.68. The van der Waals surface area contributed by atoms with Gasteiger partial charge in [-0.2, -0.15) is 0 Å². The number of nitrogens with zero attached hydrogens (tertiary/aromatic N) is 2. The molecule has 2 aliphatic rings. The summed E-state index contributed by atoms with van der Waals surface area (Å²) in [6.45, 7) is 4.74. The number of fused-ring (bicyclic) bond motifs is 10. The standard InChI is InChI=1S/C57H42N2O/c1-57(2)49-25-13-9-22-43(49)44-34-33-41(35-50(44)57)58(51-26-14-10-21-42(51)37-17-5-3-6-18-37)40-31-29-38(30-32-40)47-36-48-45-23-12-16-28-53(45)60-56(48)55-54(47)46-24-11-15-27-52(46)59(55)39-19-7-4-8-20-39/h3-31,33-36,40H,32H2,1-2H3. The molecule has 0 bridgehead atoms. The van der Waals surface area contributed by atoms with E-state index >= 15 is 0 Å². The Morgan fingerprint density at radius 3 is 2.08 bits per heavy atom. The van der Waals surface area contributed by atoms with Crippen LogP contribution in [0, 0.1) is 0 Å². The van der Waals surface area contributed by atoms with Crippen molar-refractivity contribution in [3.05, 3.63) is 217 Å². The van der Waals surface area contributed by atoms with E-state index in [-0.39, 0.29) is 11.5 Å². The van der Waals surface area contributed by atoms with Gasteiger partial charge in [-0.1, -0.05) is 166 Å². The molecule has 3 nitrogen and oxygen atoms in total. The molecule has 2 heterocycles. The summed E-state index contributed by atoms with van der Waals surface area (Å²) in [4.78, 5) is 2.58. The van der Waals surface area contributed by atoms with Gasteiger partial charge in [0, 0.05) is 49.6 Å². The third-order valence-corrected chi connectivity index (χ3v) is 13.1. The molecule has 286 valence electrons. The Labute approximate surface area is 349 Å². The number of anilines is 2. The van der Waals surface area contributed by atoms with E-state index in [0.29, 0.717) is 0 Å². The Morgan fingerprint density at radius 2 is 1.27 bits per heavy atom. The van der Waals surface area contributed by atoms with Crippen molar-refractivity contribution in [2.24, 2.45) is 0 Å². The van der Waals surface area contributed by atoms with E-state index in [4.69, 9.17) is 4.42 Å². The molecule has 60 heavy (non-hydrogen) atoms. The highest BCUT2D eigenvalue weighted by atomic mass is 16.3. The van der Waals surface area contributed by atoms with Gasteiger partial charge in [-0.25, -0.2) is 0 Å². The Bertz CT molecular complexity index is 3380. The number of hydrogen-bond donors (Lipinski definition) is 0. The van der Waals surface area contributed by atoms with Gasteiger partial charge in [0.15, 0.2) is 5.58 Å². The van der Waals surface area contributed by atoms with Crippen molar-refractivity contribution in [1.82, 2.24) is 4.57 Å². The summed E-state index contributed by atoms with van der Waals surface area (Å²) in [6, 6.07) is 66.2. The maximum absolute atomic E-state index is 6.80. The van der Waals surface area contributed by atoms with Crippen LogP contribution >= 0.6 is 0 Å². The molecule has 3 heteroatoms. The van der Waals surface area contributed by atoms with Crippen LogP contribution in [0.5, 0.6) is 0 Å². The van der Waals surface area contributed by atoms with Gasteiger partial charge in [0.25, 0.3) is 0 Å². The largest absolute Gasteiger partial charge is 0.454 e. The first-order valence-electron chi connectivity index (χ1n) is 21.0. The average molecular weight is 771 g/mol. The second-order valence-corrected chi connectivity index (χ2v) is 16.8. The molecule has 2 aliphatic carbocycles. The summed E-state index contributed by atoms with van der Waals surface area (Å²) >= 11 is 0. The van der Waals surface area contributed by atoms with Gasteiger partial charge in [0.2, 0.25) is 0 Å². The van der Waals surface area contributed by atoms with Crippen molar-refractivity contribution in [2.45, 2.75) is 31.7 Å². The van der Waals surface area contributed by atoms with Crippen LogP contribution in [0.2, 0.25) is 0 Å². The summed E-state index contributed by atoms with van der Waals surface area (Å²) in [5.74, 6) is 0. The van der Waals surface area contributed by atoms with E-state index in [0.717, 1.165) is 45.1 Å². The molecule has 1 unspecified atom stereocenters. The molecule has 0 saturated heterocycles. The third-order valence-electron chi connectivity index (χ3n) is 13.1. The lowest BCUT2D eigenvalue weighted by Crippen LogP contribution is -2.31. The topological polar surface area (TPSA) is 21.3 Å². The highest BCUT2D eigenvalue weighted by molar-refractivity contribution is 6.25. The number of aromatic nitrogens is 1. The minimum Gasteiger partial charge on any atom is -0.454 e. The molecule has 1 atom stereocenters. The maximum atomic E-state index is 6.80. The molecule has 0 N–H and O–H groups in total. The van der Waals surface area contributed by atoms with Gasteiger partial charge >= 0.3 is 0 Å². The lowest BCUT2D eigenvalue weighted by atomic mass is 9.82. The number of hydrogen-bond acceptors (Lipinski definition) is 2. The Kier molecular flexibility index (Phi) is 7.71. The monoisotopic (exact) mass is 770 g/mol. The molecule has 0 aliphatic heterocycles. The Hall–Kier alpha value is -7.36. The molecule has 0 radical (unpaired) electrons. The van der Waals surface area contributed by atoms with Gasteiger partial charge in [0.05, 0.1) is 17.1 Å². The fraction of sp³-hybridized carbons (Fsp3) is 0.0877. The zero-order chi connectivity index (χ0) is 40.0. The minimum atomic E-state index is -0.109. The lowest BCUT2D eigenvalue weighted by Gasteiger charge is -2.35.